The van der Waals surface area contributed by atoms with Crippen molar-refractivity contribution in [2.75, 3.05) is 58.8 Å². The van der Waals surface area contributed by atoms with Crippen molar-refractivity contribution in [3.8, 4) is 5.88 Å². The number of aliphatic carboxylic acids is 1. The highest BCUT2D eigenvalue weighted by Crippen LogP contribution is 2.32. The number of anilines is 1. The third kappa shape index (κ3) is 8.36. The summed E-state index contributed by atoms with van der Waals surface area (Å²) in [6, 6.07) is 22.2. The molecule has 1 atom stereocenters. The van der Waals surface area contributed by atoms with Crippen LogP contribution in [0.2, 0.25) is 0 Å². The minimum Gasteiger partial charge on any atom is -0.494 e. The van der Waals surface area contributed by atoms with E-state index < -0.39 is 18.0 Å². The lowest BCUT2D eigenvalue weighted by atomic mass is 10.00. The second kappa shape index (κ2) is 15.3. The van der Waals surface area contributed by atoms with E-state index >= 15 is 0 Å². The molecule has 0 bridgehead atoms. The number of carbonyl (C=O) groups is 3. The van der Waals surface area contributed by atoms with E-state index in [1.54, 1.807) is 30.1 Å². The Hall–Kier alpha value is -5.04. The van der Waals surface area contributed by atoms with Gasteiger partial charge in [0.05, 0.1) is 36.2 Å². The number of fused-ring (bicyclic) bond motifs is 1. The number of amides is 1. The zero-order chi connectivity index (χ0) is 33.4. The van der Waals surface area contributed by atoms with E-state index in [2.05, 4.69) is 21.8 Å². The number of aliphatic hydroxyl groups is 1. The predicted octanol–water partition coefficient (Wildman–Crippen LogP) is 3.49. The number of aromatic amines is 1. The lowest BCUT2D eigenvalue weighted by molar-refractivity contribution is -0.145. The predicted molar refractivity (Wildman–Crippen MR) is 176 cm³/mol. The third-order valence-corrected chi connectivity index (χ3v) is 7.65. The number of aromatic nitrogens is 1. The van der Waals surface area contributed by atoms with Gasteiger partial charge in [0.2, 0.25) is 5.91 Å². The highest BCUT2D eigenvalue weighted by atomic mass is 16.5. The fourth-order valence-corrected chi connectivity index (χ4v) is 4.86. The summed E-state index contributed by atoms with van der Waals surface area (Å²) in [5.41, 5.74) is 4.34. The molecule has 1 saturated heterocycles. The number of carbonyl (C=O) groups excluding carboxylic acids is 2. The number of aromatic hydroxyl groups is 1. The highest BCUT2D eigenvalue weighted by molar-refractivity contribution is 6.22. The van der Waals surface area contributed by atoms with Gasteiger partial charge >= 0.3 is 11.9 Å². The lowest BCUT2D eigenvalue weighted by Gasteiger charge is -2.32. The summed E-state index contributed by atoms with van der Waals surface area (Å²) in [6.07, 6.45) is -1.23. The van der Waals surface area contributed by atoms with Crippen LogP contribution in [-0.2, 0) is 14.3 Å². The second-order valence-corrected chi connectivity index (χ2v) is 11.0. The van der Waals surface area contributed by atoms with Crippen LogP contribution in [0.3, 0.4) is 0 Å². The van der Waals surface area contributed by atoms with E-state index in [1.165, 1.54) is 14.0 Å². The van der Waals surface area contributed by atoms with Gasteiger partial charge in [-0.25, -0.2) is 14.6 Å². The molecule has 4 aromatic rings. The molecule has 1 fully saturated rings. The summed E-state index contributed by atoms with van der Waals surface area (Å²) in [4.78, 5) is 48.4. The van der Waals surface area contributed by atoms with Gasteiger partial charge in [-0.3, -0.25) is 9.69 Å². The Morgan fingerprint density at radius 2 is 1.61 bits per heavy atom. The smallest absolute Gasteiger partial charge is 0.337 e. The van der Waals surface area contributed by atoms with Gasteiger partial charge in [-0.05, 0) is 50.4 Å². The van der Waals surface area contributed by atoms with Gasteiger partial charge < -0.3 is 34.8 Å². The zero-order valence-electron chi connectivity index (χ0n) is 26.3. The molecular weight excluding hydrogens is 590 g/mol. The molecular formula is C34H39N5O7. The number of piperazine rings is 1. The number of esters is 1. The number of H-pyrrole nitrogens is 1. The Labute approximate surface area is 267 Å². The number of nitrogens with zero attached hydrogens (tertiary/aromatic N) is 4. The van der Waals surface area contributed by atoms with Crippen LogP contribution in [-0.4, -0.2) is 114 Å². The number of carboxylic acids is 1. The minimum absolute atomic E-state index is 0.0424. The molecule has 4 N–H and O–H groups in total. The average molecular weight is 630 g/mol. The summed E-state index contributed by atoms with van der Waals surface area (Å²) >= 11 is 0. The molecule has 242 valence electrons. The number of aliphatic imine (C=N–C) groups is 1. The summed E-state index contributed by atoms with van der Waals surface area (Å²) in [5, 5.41) is 27.4. The maximum Gasteiger partial charge on any atom is 0.337 e. The van der Waals surface area contributed by atoms with E-state index in [0.29, 0.717) is 34.6 Å². The van der Waals surface area contributed by atoms with Crippen molar-refractivity contribution in [2.24, 2.45) is 4.99 Å². The highest BCUT2D eigenvalue weighted by Gasteiger charge is 2.21. The normalized spacial score (nSPS) is 14.7. The number of nitrogens with one attached hydrogen (secondary N) is 1. The largest absolute Gasteiger partial charge is 0.494 e. The average Bonchev–Trinajstić information content (AvgIpc) is 3.39. The molecule has 1 unspecified atom stereocenters. The van der Waals surface area contributed by atoms with E-state index in [-0.39, 0.29) is 11.8 Å². The Morgan fingerprint density at radius 1 is 0.978 bits per heavy atom. The van der Waals surface area contributed by atoms with Crippen molar-refractivity contribution in [1.29, 1.82) is 0 Å². The minimum atomic E-state index is -1.23. The fourth-order valence-electron chi connectivity index (χ4n) is 4.86. The molecule has 12 heteroatoms. The third-order valence-electron chi connectivity index (χ3n) is 7.65. The standard InChI is InChI=1S/C31H33N5O4.C3H6O3/c1-34-15-17-36(18-16-34)20-27(37)35(2)24-12-10-23(11-13-24)32-29(21-7-5-4-6-8-21)28-25-14-9-22(31(39)40-3)19-26(25)33-30(28)38;1-2(4)3(5)6/h4-14,19,33,38H,15-18,20H2,1-3H3;2,4H,1H3,(H,5,6). The SMILES string of the molecule is CC(O)C(=O)O.COC(=O)c1ccc2c(C(=Nc3ccc(N(C)C(=O)CN4CCN(C)CC4)cc3)c3ccccc3)c(O)[nH]c2c1. The summed E-state index contributed by atoms with van der Waals surface area (Å²) in [5.74, 6) is -1.65. The van der Waals surface area contributed by atoms with Crippen LogP contribution >= 0.6 is 0 Å². The topological polar surface area (TPSA) is 159 Å². The monoisotopic (exact) mass is 629 g/mol. The molecule has 0 aliphatic carbocycles. The van der Waals surface area contributed by atoms with Crippen molar-refractivity contribution in [3.63, 3.8) is 0 Å². The van der Waals surface area contributed by atoms with Crippen LogP contribution < -0.4 is 4.90 Å². The van der Waals surface area contributed by atoms with E-state index in [9.17, 15) is 19.5 Å². The summed E-state index contributed by atoms with van der Waals surface area (Å²) in [7, 11) is 5.22. The number of ether oxygens (including phenoxy) is 1. The molecule has 1 aliphatic rings. The van der Waals surface area contributed by atoms with Crippen LogP contribution in [0.1, 0.15) is 28.4 Å². The van der Waals surface area contributed by atoms with Crippen molar-refractivity contribution in [3.05, 3.63) is 89.5 Å². The molecule has 0 spiro atoms. The number of likely N-dealkylation sites (N-methyl/N-ethyl adjacent to an activating group) is 2. The number of carboxylic acid groups (broad SMARTS) is 1. The number of hydrogen-bond donors (Lipinski definition) is 4. The molecule has 1 aromatic heterocycles. The number of aliphatic hydroxyl groups excluding tert-OH is 1. The van der Waals surface area contributed by atoms with Crippen molar-refractivity contribution in [1.82, 2.24) is 14.8 Å². The summed E-state index contributed by atoms with van der Waals surface area (Å²) in [6.45, 7) is 5.29. The van der Waals surface area contributed by atoms with Crippen molar-refractivity contribution >= 4 is 45.8 Å². The molecule has 1 aliphatic heterocycles. The van der Waals surface area contributed by atoms with Crippen LogP contribution in [0.5, 0.6) is 5.88 Å². The van der Waals surface area contributed by atoms with Gasteiger partial charge in [0, 0.05) is 55.4 Å². The van der Waals surface area contributed by atoms with Gasteiger partial charge in [-0.15, -0.1) is 0 Å². The van der Waals surface area contributed by atoms with Crippen molar-refractivity contribution < 1.29 is 34.4 Å². The van der Waals surface area contributed by atoms with E-state index in [1.807, 2.05) is 54.6 Å². The first kappa shape index (κ1) is 33.8. The Bertz CT molecular complexity index is 1690. The Kier molecular flexibility index (Phi) is 11.3. The van der Waals surface area contributed by atoms with Crippen molar-refractivity contribution in [2.45, 2.75) is 13.0 Å². The maximum absolute atomic E-state index is 12.9. The quantitative estimate of drug-likeness (QED) is 0.169. The second-order valence-electron chi connectivity index (χ2n) is 11.0. The Balaban J connectivity index is 0.000000731. The van der Waals surface area contributed by atoms with E-state index in [4.69, 9.17) is 19.9 Å². The molecule has 3 aromatic carbocycles. The van der Waals surface area contributed by atoms with Gasteiger partial charge in [-0.2, -0.15) is 0 Å². The number of hydrogen-bond acceptors (Lipinski definition) is 9. The van der Waals surface area contributed by atoms with Gasteiger partial charge in [0.25, 0.3) is 0 Å². The van der Waals surface area contributed by atoms with Crippen LogP contribution in [0.25, 0.3) is 10.9 Å². The first-order chi connectivity index (χ1) is 22.0. The molecule has 1 amide bonds. The van der Waals surface area contributed by atoms with Crippen LogP contribution in [0, 0.1) is 0 Å². The zero-order valence-corrected chi connectivity index (χ0v) is 26.3. The van der Waals surface area contributed by atoms with Gasteiger partial charge in [-0.1, -0.05) is 36.4 Å². The molecule has 46 heavy (non-hydrogen) atoms. The molecule has 12 nitrogen and oxygen atoms in total. The fraction of sp³-hybridized carbons (Fsp3) is 0.294. The number of methoxy groups -OCH3 is 1. The molecule has 0 saturated carbocycles. The summed E-state index contributed by atoms with van der Waals surface area (Å²) < 4.78 is 4.83. The molecule has 0 radical (unpaired) electrons. The van der Waals surface area contributed by atoms with E-state index in [0.717, 1.165) is 42.8 Å². The first-order valence-electron chi connectivity index (χ1n) is 14.7. The first-order valence-corrected chi connectivity index (χ1v) is 14.7. The van der Waals surface area contributed by atoms with Crippen LogP contribution in [0.4, 0.5) is 11.4 Å². The maximum atomic E-state index is 12.9. The molecule has 2 heterocycles. The van der Waals surface area contributed by atoms with Crippen LogP contribution in [0.15, 0.2) is 77.8 Å². The lowest BCUT2D eigenvalue weighted by Crippen LogP contribution is -2.48. The Morgan fingerprint density at radius 3 is 2.20 bits per heavy atom. The number of rotatable bonds is 8. The molecule has 5 rings (SSSR count). The van der Waals surface area contributed by atoms with Gasteiger partial charge in [0.15, 0.2) is 5.88 Å². The van der Waals surface area contributed by atoms with Gasteiger partial charge in [0.1, 0.15) is 6.10 Å². The number of benzene rings is 3.